The van der Waals surface area contributed by atoms with Gasteiger partial charge < -0.3 is 10.1 Å². The number of hydrogen-bond donors (Lipinski definition) is 1. The molecule has 144 valence electrons. The fourth-order valence-electron chi connectivity index (χ4n) is 3.29. The molecule has 0 aliphatic heterocycles. The molecule has 0 spiro atoms. The predicted molar refractivity (Wildman–Crippen MR) is 115 cm³/mol. The number of ether oxygens (including phenoxy) is 1. The lowest BCUT2D eigenvalue weighted by Crippen LogP contribution is -2.25. The van der Waals surface area contributed by atoms with Crippen molar-refractivity contribution in [3.05, 3.63) is 102 Å². The van der Waals surface area contributed by atoms with Crippen LogP contribution in [0.1, 0.15) is 21.5 Å². The Morgan fingerprint density at radius 2 is 1.79 bits per heavy atom. The van der Waals surface area contributed by atoms with E-state index in [0.29, 0.717) is 23.6 Å². The highest BCUT2D eigenvalue weighted by Gasteiger charge is 2.09. The predicted octanol–water partition coefficient (Wildman–Crippen LogP) is 5.31. The van der Waals surface area contributed by atoms with Crippen molar-refractivity contribution in [2.24, 2.45) is 0 Å². The van der Waals surface area contributed by atoms with Crippen LogP contribution in [0.4, 0.5) is 0 Å². The highest BCUT2D eigenvalue weighted by molar-refractivity contribution is 5.94. The summed E-state index contributed by atoms with van der Waals surface area (Å²) in [6, 6.07) is 25.1. The monoisotopic (exact) mass is 382 g/mol. The number of benzene rings is 3. The number of rotatable bonds is 6. The van der Waals surface area contributed by atoms with Crippen molar-refractivity contribution in [2.75, 3.05) is 6.54 Å². The maximum atomic E-state index is 12.6. The number of hydrogen-bond acceptors (Lipinski definition) is 3. The van der Waals surface area contributed by atoms with Crippen molar-refractivity contribution in [3.63, 3.8) is 0 Å². The van der Waals surface area contributed by atoms with Crippen LogP contribution in [0.3, 0.4) is 0 Å². The van der Waals surface area contributed by atoms with Gasteiger partial charge >= 0.3 is 0 Å². The molecule has 0 saturated carbocycles. The van der Waals surface area contributed by atoms with Gasteiger partial charge in [0.1, 0.15) is 11.5 Å². The molecule has 4 rings (SSSR count). The third kappa shape index (κ3) is 4.43. The van der Waals surface area contributed by atoms with E-state index < -0.39 is 0 Å². The molecule has 4 nitrogen and oxygen atoms in total. The summed E-state index contributed by atoms with van der Waals surface area (Å²) < 4.78 is 6.05. The second-order valence-electron chi connectivity index (χ2n) is 6.89. The number of carbonyl (C=O) groups excluding carboxylic acids is 1. The molecule has 0 bridgehead atoms. The van der Waals surface area contributed by atoms with Gasteiger partial charge in [-0.1, -0.05) is 42.5 Å². The SMILES string of the molecule is Cc1ccccc1CCNC(=O)c1cccc(Oc2ccnc3ccccc23)c1. The lowest BCUT2D eigenvalue weighted by atomic mass is 10.1. The van der Waals surface area contributed by atoms with E-state index in [2.05, 4.69) is 29.4 Å². The van der Waals surface area contributed by atoms with Gasteiger partial charge in [0, 0.05) is 23.7 Å². The Hall–Kier alpha value is -3.66. The number of para-hydroxylation sites is 1. The van der Waals surface area contributed by atoms with E-state index in [1.54, 1.807) is 18.3 Å². The molecule has 1 heterocycles. The summed E-state index contributed by atoms with van der Waals surface area (Å²) in [7, 11) is 0. The third-order valence-corrected chi connectivity index (χ3v) is 4.87. The van der Waals surface area contributed by atoms with E-state index in [4.69, 9.17) is 4.74 Å². The summed E-state index contributed by atoms with van der Waals surface area (Å²) in [6.45, 7) is 2.67. The van der Waals surface area contributed by atoms with Crippen LogP contribution in [0.15, 0.2) is 85.1 Å². The van der Waals surface area contributed by atoms with Crippen LogP contribution in [-0.4, -0.2) is 17.4 Å². The molecule has 4 heteroatoms. The molecule has 0 aliphatic rings. The first-order valence-corrected chi connectivity index (χ1v) is 9.65. The number of nitrogens with one attached hydrogen (secondary N) is 1. The number of nitrogens with zero attached hydrogens (tertiary/aromatic N) is 1. The van der Waals surface area contributed by atoms with Gasteiger partial charge in [0.25, 0.3) is 5.91 Å². The average Bonchev–Trinajstić information content (AvgIpc) is 2.75. The molecule has 1 aromatic heterocycles. The summed E-state index contributed by atoms with van der Waals surface area (Å²) in [5, 5.41) is 3.92. The first kappa shape index (κ1) is 18.7. The molecule has 0 radical (unpaired) electrons. The molecule has 0 saturated heterocycles. The quantitative estimate of drug-likeness (QED) is 0.492. The second kappa shape index (κ2) is 8.57. The van der Waals surface area contributed by atoms with Gasteiger partial charge in [-0.15, -0.1) is 0 Å². The Bertz CT molecular complexity index is 1150. The van der Waals surface area contributed by atoms with Gasteiger partial charge in [-0.3, -0.25) is 9.78 Å². The van der Waals surface area contributed by atoms with Crippen molar-refractivity contribution in [2.45, 2.75) is 13.3 Å². The number of pyridine rings is 1. The lowest BCUT2D eigenvalue weighted by Gasteiger charge is -2.11. The smallest absolute Gasteiger partial charge is 0.251 e. The van der Waals surface area contributed by atoms with E-state index in [9.17, 15) is 4.79 Å². The Labute approximate surface area is 170 Å². The summed E-state index contributed by atoms with van der Waals surface area (Å²) in [5.74, 6) is 1.23. The van der Waals surface area contributed by atoms with Crippen molar-refractivity contribution < 1.29 is 9.53 Å². The summed E-state index contributed by atoms with van der Waals surface area (Å²) >= 11 is 0. The van der Waals surface area contributed by atoms with Crippen LogP contribution in [0.5, 0.6) is 11.5 Å². The number of fused-ring (bicyclic) bond motifs is 1. The normalized spacial score (nSPS) is 10.7. The maximum absolute atomic E-state index is 12.6. The van der Waals surface area contributed by atoms with Gasteiger partial charge in [-0.05, 0) is 60.9 Å². The molecule has 1 N–H and O–H groups in total. The lowest BCUT2D eigenvalue weighted by molar-refractivity contribution is 0.0954. The fourth-order valence-corrected chi connectivity index (χ4v) is 3.29. The molecule has 1 amide bonds. The third-order valence-electron chi connectivity index (χ3n) is 4.87. The molecule has 0 atom stereocenters. The summed E-state index contributed by atoms with van der Waals surface area (Å²) in [6.07, 6.45) is 2.53. The zero-order valence-electron chi connectivity index (χ0n) is 16.3. The van der Waals surface area contributed by atoms with Crippen molar-refractivity contribution in [3.8, 4) is 11.5 Å². The van der Waals surface area contributed by atoms with E-state index in [1.807, 2.05) is 54.6 Å². The number of carbonyl (C=O) groups is 1. The molecular weight excluding hydrogens is 360 g/mol. The zero-order chi connectivity index (χ0) is 20.1. The van der Waals surface area contributed by atoms with Gasteiger partial charge in [0.05, 0.1) is 5.52 Å². The number of amides is 1. The average molecular weight is 382 g/mol. The standard InChI is InChI=1S/C25H22N2O2/c1-18-7-2-3-8-19(18)13-15-27-25(28)20-9-6-10-21(17-20)29-24-14-16-26-23-12-5-4-11-22(23)24/h2-12,14,16-17H,13,15H2,1H3,(H,27,28). The van der Waals surface area contributed by atoms with E-state index in [0.717, 1.165) is 17.3 Å². The molecule has 0 aliphatic carbocycles. The van der Waals surface area contributed by atoms with E-state index >= 15 is 0 Å². The van der Waals surface area contributed by atoms with Crippen molar-refractivity contribution >= 4 is 16.8 Å². The minimum atomic E-state index is -0.108. The van der Waals surface area contributed by atoms with Gasteiger partial charge in [0.15, 0.2) is 0 Å². The largest absolute Gasteiger partial charge is 0.457 e. The minimum absolute atomic E-state index is 0.108. The highest BCUT2D eigenvalue weighted by atomic mass is 16.5. The van der Waals surface area contributed by atoms with Gasteiger partial charge in [0.2, 0.25) is 0 Å². The topological polar surface area (TPSA) is 51.2 Å². The molecule has 29 heavy (non-hydrogen) atoms. The van der Waals surface area contributed by atoms with Crippen LogP contribution in [0, 0.1) is 6.92 Å². The van der Waals surface area contributed by atoms with Gasteiger partial charge in [-0.25, -0.2) is 0 Å². The minimum Gasteiger partial charge on any atom is -0.457 e. The second-order valence-corrected chi connectivity index (χ2v) is 6.89. The first-order valence-electron chi connectivity index (χ1n) is 9.65. The molecule has 0 unspecified atom stereocenters. The Kier molecular flexibility index (Phi) is 5.52. The molecule has 0 fully saturated rings. The van der Waals surface area contributed by atoms with Crippen LogP contribution in [0.2, 0.25) is 0 Å². The fraction of sp³-hybridized carbons (Fsp3) is 0.120. The molecule has 4 aromatic rings. The Morgan fingerprint density at radius 3 is 2.69 bits per heavy atom. The van der Waals surface area contributed by atoms with Crippen molar-refractivity contribution in [1.82, 2.24) is 10.3 Å². The van der Waals surface area contributed by atoms with Crippen LogP contribution in [0.25, 0.3) is 10.9 Å². The van der Waals surface area contributed by atoms with Gasteiger partial charge in [-0.2, -0.15) is 0 Å². The van der Waals surface area contributed by atoms with Crippen molar-refractivity contribution in [1.29, 1.82) is 0 Å². The molecule has 3 aromatic carbocycles. The van der Waals surface area contributed by atoms with Crippen LogP contribution in [-0.2, 0) is 6.42 Å². The highest BCUT2D eigenvalue weighted by Crippen LogP contribution is 2.28. The number of aromatic nitrogens is 1. The summed E-state index contributed by atoms with van der Waals surface area (Å²) in [4.78, 5) is 16.9. The first-order chi connectivity index (χ1) is 14.2. The van der Waals surface area contributed by atoms with E-state index in [-0.39, 0.29) is 5.91 Å². The van der Waals surface area contributed by atoms with Crippen LogP contribution < -0.4 is 10.1 Å². The maximum Gasteiger partial charge on any atom is 0.251 e. The zero-order valence-corrected chi connectivity index (χ0v) is 16.3. The Balaban J connectivity index is 1.44. The van der Waals surface area contributed by atoms with Crippen LogP contribution >= 0.6 is 0 Å². The number of aryl methyl sites for hydroxylation is 1. The molecular formula is C25H22N2O2. The van der Waals surface area contributed by atoms with E-state index in [1.165, 1.54) is 11.1 Å². The Morgan fingerprint density at radius 1 is 0.966 bits per heavy atom. The summed E-state index contributed by atoms with van der Waals surface area (Å²) in [5.41, 5.74) is 3.93.